The molecule has 1 aliphatic rings. The van der Waals surface area contributed by atoms with E-state index in [4.69, 9.17) is 4.74 Å². The van der Waals surface area contributed by atoms with Gasteiger partial charge in [-0.2, -0.15) is 0 Å². The topological polar surface area (TPSA) is 82.4 Å². The lowest BCUT2D eigenvalue weighted by molar-refractivity contribution is -0.142. The highest BCUT2D eigenvalue weighted by Gasteiger charge is 2.32. The van der Waals surface area contributed by atoms with Crippen molar-refractivity contribution in [3.63, 3.8) is 0 Å². The molecule has 0 aliphatic carbocycles. The van der Waals surface area contributed by atoms with Crippen LogP contribution >= 0.6 is 0 Å². The number of benzene rings is 1. The largest absolute Gasteiger partial charge is 0.469 e. The third-order valence-electron chi connectivity index (χ3n) is 4.68. The normalized spacial score (nSPS) is 16.3. The highest BCUT2D eigenvalue weighted by molar-refractivity contribution is 7.91. The van der Waals surface area contributed by atoms with Gasteiger partial charge in [-0.1, -0.05) is 6.92 Å². The molecule has 138 valence electrons. The zero-order chi connectivity index (χ0) is 18.9. The maximum absolute atomic E-state index is 12.8. The van der Waals surface area contributed by atoms with Crippen LogP contribution in [0.15, 0.2) is 41.3 Å². The molecule has 3 rings (SSSR count). The van der Waals surface area contributed by atoms with Crippen LogP contribution in [0.25, 0.3) is 0 Å². The van der Waals surface area contributed by atoms with Crippen LogP contribution in [0, 0.1) is 0 Å². The van der Waals surface area contributed by atoms with Crippen LogP contribution in [0.1, 0.15) is 47.4 Å². The molecule has 0 amide bonds. The van der Waals surface area contributed by atoms with Crippen LogP contribution in [0.5, 0.6) is 0 Å². The van der Waals surface area contributed by atoms with E-state index in [1.54, 1.807) is 12.1 Å². The van der Waals surface area contributed by atoms with Crippen LogP contribution in [0.3, 0.4) is 0 Å². The van der Waals surface area contributed by atoms with Crippen LogP contribution in [-0.4, -0.2) is 37.6 Å². The fourth-order valence-corrected chi connectivity index (χ4v) is 4.69. The van der Waals surface area contributed by atoms with Crippen molar-refractivity contribution in [3.8, 4) is 0 Å². The van der Waals surface area contributed by atoms with Crippen LogP contribution < -0.4 is 0 Å². The van der Waals surface area contributed by atoms with Gasteiger partial charge in [0.15, 0.2) is 9.84 Å². The Hall–Kier alpha value is -2.41. The summed E-state index contributed by atoms with van der Waals surface area (Å²) in [4.78, 5) is 24.9. The number of ether oxygens (including phenoxy) is 1. The molecular weight excluding hydrogens is 354 g/mol. The molecule has 1 unspecified atom stereocenters. The van der Waals surface area contributed by atoms with Crippen molar-refractivity contribution in [2.45, 2.75) is 37.1 Å². The Bertz CT molecular complexity index is 941. The van der Waals surface area contributed by atoms with Gasteiger partial charge in [-0.25, -0.2) is 8.42 Å². The minimum atomic E-state index is -3.30. The first-order valence-corrected chi connectivity index (χ1v) is 10.2. The first-order valence-electron chi connectivity index (χ1n) is 8.53. The molecule has 1 atom stereocenters. The van der Waals surface area contributed by atoms with E-state index in [9.17, 15) is 18.0 Å². The zero-order valence-electron chi connectivity index (χ0n) is 14.8. The van der Waals surface area contributed by atoms with Crippen molar-refractivity contribution in [1.82, 2.24) is 4.57 Å². The number of hydrogen-bond acceptors (Lipinski definition) is 5. The lowest BCUT2D eigenvalue weighted by atomic mass is 10.1. The fraction of sp³-hybridized carbons (Fsp3) is 0.368. The average Bonchev–Trinajstić information content (AvgIpc) is 3.22. The Labute approximate surface area is 152 Å². The van der Waals surface area contributed by atoms with Gasteiger partial charge < -0.3 is 9.30 Å². The number of aromatic nitrogens is 1. The summed E-state index contributed by atoms with van der Waals surface area (Å²) in [6.07, 6.45) is 1.15. The van der Waals surface area contributed by atoms with Gasteiger partial charge in [0.25, 0.3) is 0 Å². The summed E-state index contributed by atoms with van der Waals surface area (Å²) in [7, 11) is -1.95. The van der Waals surface area contributed by atoms with Gasteiger partial charge in [0, 0.05) is 17.8 Å². The molecule has 0 spiro atoms. The Kier molecular flexibility index (Phi) is 5.00. The molecule has 1 aliphatic heterocycles. The number of methoxy groups -OCH3 is 1. The van der Waals surface area contributed by atoms with E-state index in [0.29, 0.717) is 30.6 Å². The van der Waals surface area contributed by atoms with Gasteiger partial charge in [0.05, 0.1) is 29.4 Å². The summed E-state index contributed by atoms with van der Waals surface area (Å²) in [6.45, 7) is 2.39. The Morgan fingerprint density at radius 2 is 1.85 bits per heavy atom. The molecule has 0 fully saturated rings. The summed E-state index contributed by atoms with van der Waals surface area (Å²) in [5, 5.41) is 0. The van der Waals surface area contributed by atoms with Crippen molar-refractivity contribution < 1.29 is 22.7 Å². The van der Waals surface area contributed by atoms with E-state index in [0.717, 1.165) is 5.69 Å². The second-order valence-corrected chi connectivity index (χ2v) is 8.44. The van der Waals surface area contributed by atoms with Gasteiger partial charge in [-0.05, 0) is 49.2 Å². The molecule has 0 saturated heterocycles. The van der Waals surface area contributed by atoms with Gasteiger partial charge in [0.1, 0.15) is 0 Å². The van der Waals surface area contributed by atoms with Crippen molar-refractivity contribution in [1.29, 1.82) is 0 Å². The molecule has 2 heterocycles. The summed E-state index contributed by atoms with van der Waals surface area (Å²) < 4.78 is 30.8. The molecule has 2 aromatic rings. The number of ketones is 1. The van der Waals surface area contributed by atoms with Gasteiger partial charge in [-0.15, -0.1) is 0 Å². The van der Waals surface area contributed by atoms with Crippen molar-refractivity contribution >= 4 is 21.6 Å². The number of sulfone groups is 1. The van der Waals surface area contributed by atoms with Gasteiger partial charge in [0.2, 0.25) is 5.78 Å². The third-order valence-corrected chi connectivity index (χ3v) is 6.62. The molecule has 0 bridgehead atoms. The van der Waals surface area contributed by atoms with E-state index < -0.39 is 9.84 Å². The van der Waals surface area contributed by atoms with Crippen molar-refractivity contribution in [2.24, 2.45) is 0 Å². The summed E-state index contributed by atoms with van der Waals surface area (Å²) in [6, 6.07) is 9.51. The molecule has 26 heavy (non-hydrogen) atoms. The smallest absolute Gasteiger partial charge is 0.314 e. The fourth-order valence-electron chi connectivity index (χ4n) is 3.37. The number of carbonyl (C=O) groups excluding carboxylic acids is 2. The Morgan fingerprint density at radius 3 is 2.46 bits per heavy atom. The molecule has 0 saturated carbocycles. The van der Waals surface area contributed by atoms with Crippen molar-refractivity contribution in [3.05, 3.63) is 53.3 Å². The standard InChI is InChI=1S/C19H21NO5S/c1-3-12-26(23,24)14-6-4-13(5-7-14)18(21)17-9-8-16-15(19(22)25-2)10-11-20(16)17/h4-9,15H,3,10-12H2,1-2H3. The highest BCUT2D eigenvalue weighted by atomic mass is 32.2. The Balaban J connectivity index is 1.87. The highest BCUT2D eigenvalue weighted by Crippen LogP contribution is 2.32. The van der Waals surface area contributed by atoms with Gasteiger partial charge in [-0.3, -0.25) is 9.59 Å². The molecule has 1 aromatic heterocycles. The van der Waals surface area contributed by atoms with E-state index in [2.05, 4.69) is 0 Å². The monoisotopic (exact) mass is 375 g/mol. The number of hydrogen-bond donors (Lipinski definition) is 0. The number of fused-ring (bicyclic) bond motifs is 1. The molecular formula is C19H21NO5S. The number of rotatable bonds is 6. The van der Waals surface area contributed by atoms with Crippen LogP contribution in [0.4, 0.5) is 0 Å². The molecule has 1 aromatic carbocycles. The van der Waals surface area contributed by atoms with E-state index in [1.165, 1.54) is 31.4 Å². The minimum absolute atomic E-state index is 0.0847. The van der Waals surface area contributed by atoms with Crippen LogP contribution in [-0.2, 0) is 25.9 Å². The van der Waals surface area contributed by atoms with Crippen molar-refractivity contribution in [2.75, 3.05) is 12.9 Å². The minimum Gasteiger partial charge on any atom is -0.469 e. The molecule has 7 heteroatoms. The summed E-state index contributed by atoms with van der Waals surface area (Å²) in [5.41, 5.74) is 1.70. The SMILES string of the molecule is CCCS(=O)(=O)c1ccc(C(=O)c2ccc3n2CCC3C(=O)OC)cc1. The maximum atomic E-state index is 12.8. The van der Waals surface area contributed by atoms with E-state index in [-0.39, 0.29) is 28.3 Å². The van der Waals surface area contributed by atoms with Gasteiger partial charge >= 0.3 is 5.97 Å². The lowest BCUT2D eigenvalue weighted by Crippen LogP contribution is -2.12. The third kappa shape index (κ3) is 3.19. The number of nitrogens with zero attached hydrogens (tertiary/aromatic N) is 1. The number of esters is 1. The van der Waals surface area contributed by atoms with Crippen LogP contribution in [0.2, 0.25) is 0 Å². The first-order chi connectivity index (χ1) is 12.4. The lowest BCUT2D eigenvalue weighted by Gasteiger charge is -2.07. The number of carbonyl (C=O) groups is 2. The molecule has 0 radical (unpaired) electrons. The van der Waals surface area contributed by atoms with E-state index in [1.807, 2.05) is 11.5 Å². The first kappa shape index (κ1) is 18.4. The average molecular weight is 375 g/mol. The Morgan fingerprint density at radius 1 is 1.15 bits per heavy atom. The quantitative estimate of drug-likeness (QED) is 0.572. The maximum Gasteiger partial charge on any atom is 0.314 e. The summed E-state index contributed by atoms with van der Waals surface area (Å²) in [5.74, 6) is -0.753. The molecule has 6 nitrogen and oxygen atoms in total. The van der Waals surface area contributed by atoms with E-state index >= 15 is 0 Å². The summed E-state index contributed by atoms with van der Waals surface area (Å²) >= 11 is 0. The predicted molar refractivity (Wildman–Crippen MR) is 96.0 cm³/mol. The molecule has 0 N–H and O–H groups in total. The second kappa shape index (κ2) is 7.07. The zero-order valence-corrected chi connectivity index (χ0v) is 15.6. The predicted octanol–water partition coefficient (Wildman–Crippen LogP) is 2.56. The second-order valence-electron chi connectivity index (χ2n) is 6.33.